The van der Waals surface area contributed by atoms with Crippen molar-refractivity contribution >= 4 is 17.6 Å². The van der Waals surface area contributed by atoms with Crippen LogP contribution in [0.5, 0.6) is 0 Å². The average Bonchev–Trinajstić information content (AvgIpc) is 2.42. The van der Waals surface area contributed by atoms with Crippen molar-refractivity contribution in [1.82, 2.24) is 0 Å². The number of nitrogens with zero attached hydrogens (tertiary/aromatic N) is 1. The topological polar surface area (TPSA) is 107 Å². The van der Waals surface area contributed by atoms with E-state index in [9.17, 15) is 19.7 Å². The van der Waals surface area contributed by atoms with Crippen molar-refractivity contribution < 1.29 is 24.4 Å². The average molecular weight is 323 g/mol. The highest BCUT2D eigenvalue weighted by molar-refractivity contribution is 5.90. The largest absolute Gasteiger partial charge is 0.481 e. The highest BCUT2D eigenvalue weighted by Crippen LogP contribution is 2.24. The molecule has 1 aromatic rings. The number of benzene rings is 1. The Bertz CT molecular complexity index is 617. The van der Waals surface area contributed by atoms with Crippen LogP contribution in [0.4, 0.5) is 5.69 Å². The van der Waals surface area contributed by atoms with E-state index < -0.39 is 28.4 Å². The van der Waals surface area contributed by atoms with Gasteiger partial charge >= 0.3 is 11.9 Å². The van der Waals surface area contributed by atoms with Crippen LogP contribution < -0.4 is 0 Å². The van der Waals surface area contributed by atoms with Gasteiger partial charge in [-0.3, -0.25) is 14.9 Å². The summed E-state index contributed by atoms with van der Waals surface area (Å²) in [6, 6.07) is 4.11. The van der Waals surface area contributed by atoms with E-state index in [1.165, 1.54) is 18.2 Å². The standard InChI is InChI=1S/C16H21NO6/c1-10(14(18)19)5-6-11-7-8-12(9-13(11)17(21)22)15(20)23-16(2,3)4/h7-10H,5-6H2,1-4H3,(H,18,19). The first kappa shape index (κ1) is 18.6. The third kappa shape index (κ3) is 5.69. The van der Waals surface area contributed by atoms with Gasteiger partial charge in [-0.05, 0) is 39.7 Å². The van der Waals surface area contributed by atoms with Crippen LogP contribution >= 0.6 is 0 Å². The number of nitro groups is 1. The van der Waals surface area contributed by atoms with Gasteiger partial charge in [-0.2, -0.15) is 0 Å². The van der Waals surface area contributed by atoms with Crippen molar-refractivity contribution in [2.75, 3.05) is 0 Å². The van der Waals surface area contributed by atoms with Crippen LogP contribution in [-0.4, -0.2) is 27.6 Å². The Morgan fingerprint density at radius 3 is 2.43 bits per heavy atom. The molecule has 1 atom stereocenters. The molecule has 0 amide bonds. The van der Waals surface area contributed by atoms with Crippen LogP contribution in [0.3, 0.4) is 0 Å². The van der Waals surface area contributed by atoms with Crippen LogP contribution in [0.15, 0.2) is 18.2 Å². The van der Waals surface area contributed by atoms with E-state index in [2.05, 4.69) is 0 Å². The third-order valence-corrected chi connectivity index (χ3v) is 3.18. The van der Waals surface area contributed by atoms with Gasteiger partial charge < -0.3 is 9.84 Å². The molecule has 1 aromatic carbocycles. The summed E-state index contributed by atoms with van der Waals surface area (Å²) in [5.41, 5.74) is -0.399. The van der Waals surface area contributed by atoms with E-state index in [1.807, 2.05) is 0 Å². The van der Waals surface area contributed by atoms with Crippen LogP contribution in [0, 0.1) is 16.0 Å². The molecule has 1 unspecified atom stereocenters. The summed E-state index contributed by atoms with van der Waals surface area (Å²) in [7, 11) is 0. The molecule has 126 valence electrons. The van der Waals surface area contributed by atoms with Gasteiger partial charge in [0.05, 0.1) is 16.4 Å². The summed E-state index contributed by atoms with van der Waals surface area (Å²) in [5, 5.41) is 20.1. The summed E-state index contributed by atoms with van der Waals surface area (Å²) in [6.07, 6.45) is 0.528. The number of carboxylic acids is 1. The number of esters is 1. The molecule has 0 aliphatic carbocycles. The normalized spacial score (nSPS) is 12.5. The lowest BCUT2D eigenvalue weighted by atomic mass is 9.99. The van der Waals surface area contributed by atoms with Crippen molar-refractivity contribution in [3.05, 3.63) is 39.4 Å². The number of hydrogen-bond donors (Lipinski definition) is 1. The lowest BCUT2D eigenvalue weighted by Crippen LogP contribution is -2.24. The van der Waals surface area contributed by atoms with Gasteiger partial charge in [-0.1, -0.05) is 13.0 Å². The lowest BCUT2D eigenvalue weighted by molar-refractivity contribution is -0.385. The molecule has 0 fully saturated rings. The van der Waals surface area contributed by atoms with Crippen LogP contribution in [0.25, 0.3) is 0 Å². The maximum absolute atomic E-state index is 12.0. The zero-order chi connectivity index (χ0) is 17.8. The van der Waals surface area contributed by atoms with Gasteiger partial charge in [0, 0.05) is 11.6 Å². The molecule has 0 saturated carbocycles. The lowest BCUT2D eigenvalue weighted by Gasteiger charge is -2.19. The molecule has 1 rings (SSSR count). The van der Waals surface area contributed by atoms with E-state index in [4.69, 9.17) is 9.84 Å². The number of hydrogen-bond acceptors (Lipinski definition) is 5. The van der Waals surface area contributed by atoms with E-state index in [0.717, 1.165) is 0 Å². The second-order valence-corrected chi connectivity index (χ2v) is 6.38. The molecule has 0 spiro atoms. The summed E-state index contributed by atoms with van der Waals surface area (Å²) < 4.78 is 5.19. The van der Waals surface area contributed by atoms with E-state index >= 15 is 0 Å². The maximum atomic E-state index is 12.0. The molecule has 0 saturated heterocycles. The Balaban J connectivity index is 3.01. The second kappa shape index (κ2) is 7.21. The zero-order valence-electron chi connectivity index (χ0n) is 13.7. The van der Waals surface area contributed by atoms with Gasteiger partial charge in [0.1, 0.15) is 5.60 Å². The van der Waals surface area contributed by atoms with Gasteiger partial charge in [0.15, 0.2) is 0 Å². The van der Waals surface area contributed by atoms with Crippen molar-refractivity contribution in [3.8, 4) is 0 Å². The van der Waals surface area contributed by atoms with Gasteiger partial charge in [0.2, 0.25) is 0 Å². The fourth-order valence-electron chi connectivity index (χ4n) is 1.90. The fourth-order valence-corrected chi connectivity index (χ4v) is 1.90. The smallest absolute Gasteiger partial charge is 0.338 e. The summed E-state index contributed by atoms with van der Waals surface area (Å²) >= 11 is 0. The molecule has 7 heteroatoms. The SMILES string of the molecule is CC(CCc1ccc(C(=O)OC(C)(C)C)cc1[N+](=O)[O-])C(=O)O. The minimum absolute atomic E-state index is 0.0988. The Labute approximate surface area is 134 Å². The second-order valence-electron chi connectivity index (χ2n) is 6.38. The minimum Gasteiger partial charge on any atom is -0.481 e. The molecule has 0 aliphatic rings. The number of carbonyl (C=O) groups excluding carboxylic acids is 1. The monoisotopic (exact) mass is 323 g/mol. The first-order chi connectivity index (χ1) is 10.5. The Kier molecular flexibility index (Phi) is 5.84. The van der Waals surface area contributed by atoms with Crippen LogP contribution in [-0.2, 0) is 16.0 Å². The molecule has 1 N–H and O–H groups in total. The molecular weight excluding hydrogens is 302 g/mol. The highest BCUT2D eigenvalue weighted by atomic mass is 16.6. The summed E-state index contributed by atoms with van der Waals surface area (Å²) in [4.78, 5) is 33.4. The summed E-state index contributed by atoms with van der Waals surface area (Å²) in [6.45, 7) is 6.67. The van der Waals surface area contributed by atoms with Gasteiger partial charge in [0.25, 0.3) is 5.69 Å². The third-order valence-electron chi connectivity index (χ3n) is 3.18. The van der Waals surface area contributed by atoms with Crippen LogP contribution in [0.2, 0.25) is 0 Å². The number of aliphatic carboxylic acids is 1. The molecule has 7 nitrogen and oxygen atoms in total. The first-order valence-electron chi connectivity index (χ1n) is 7.24. The first-order valence-corrected chi connectivity index (χ1v) is 7.24. The zero-order valence-corrected chi connectivity index (χ0v) is 13.7. The van der Waals surface area contributed by atoms with Gasteiger partial charge in [-0.25, -0.2) is 4.79 Å². The van der Waals surface area contributed by atoms with Crippen molar-refractivity contribution in [2.24, 2.45) is 5.92 Å². The Morgan fingerprint density at radius 1 is 1.35 bits per heavy atom. The number of carboxylic acid groups (broad SMARTS) is 1. The molecule has 0 aromatic heterocycles. The number of aryl methyl sites for hydroxylation is 1. The van der Waals surface area contributed by atoms with Crippen LogP contribution in [0.1, 0.15) is 50.0 Å². The predicted molar refractivity (Wildman–Crippen MR) is 83.4 cm³/mol. The highest BCUT2D eigenvalue weighted by Gasteiger charge is 2.22. The van der Waals surface area contributed by atoms with Crippen molar-refractivity contribution in [3.63, 3.8) is 0 Å². The molecular formula is C16H21NO6. The van der Waals surface area contributed by atoms with E-state index in [1.54, 1.807) is 27.7 Å². The van der Waals surface area contributed by atoms with E-state index in [0.29, 0.717) is 5.56 Å². The molecule has 0 radical (unpaired) electrons. The molecule has 0 heterocycles. The van der Waals surface area contributed by atoms with Crippen molar-refractivity contribution in [2.45, 2.75) is 46.1 Å². The minimum atomic E-state index is -0.946. The number of nitro benzene ring substituents is 1. The Morgan fingerprint density at radius 2 is 1.96 bits per heavy atom. The number of rotatable bonds is 6. The predicted octanol–water partition coefficient (Wildman–Crippen LogP) is 3.20. The van der Waals surface area contributed by atoms with Crippen molar-refractivity contribution in [1.29, 1.82) is 0 Å². The molecule has 23 heavy (non-hydrogen) atoms. The molecule has 0 aliphatic heterocycles. The Hall–Kier alpha value is -2.44. The number of ether oxygens (including phenoxy) is 1. The molecule has 0 bridgehead atoms. The quantitative estimate of drug-likeness (QED) is 0.489. The van der Waals surface area contributed by atoms with E-state index in [-0.39, 0.29) is 24.1 Å². The van der Waals surface area contributed by atoms with Gasteiger partial charge in [-0.15, -0.1) is 0 Å². The maximum Gasteiger partial charge on any atom is 0.338 e. The number of carbonyl (C=O) groups is 2. The summed E-state index contributed by atoms with van der Waals surface area (Å²) in [5.74, 6) is -2.18. The fraction of sp³-hybridized carbons (Fsp3) is 0.500.